The Kier molecular flexibility index (Phi) is 11.8. The number of para-hydroxylation sites is 1. The monoisotopic (exact) mass is 649 g/mol. The lowest BCUT2D eigenvalue weighted by molar-refractivity contribution is -0.276. The smallest absolute Gasteiger partial charge is 0.319 e. The molecule has 0 radical (unpaired) electrons. The quantitative estimate of drug-likeness (QED) is 0.160. The van der Waals surface area contributed by atoms with Crippen LogP contribution in [0.3, 0.4) is 0 Å². The summed E-state index contributed by atoms with van der Waals surface area (Å²) in [6.07, 6.45) is 5.75. The van der Waals surface area contributed by atoms with Crippen molar-refractivity contribution in [3.63, 3.8) is 0 Å². The molecule has 2 aliphatic heterocycles. The molecule has 3 N–H and O–H groups in total. The topological polar surface area (TPSA) is 92.3 Å². The first-order valence-electron chi connectivity index (χ1n) is 17.2. The van der Waals surface area contributed by atoms with Crippen molar-refractivity contribution in [2.24, 2.45) is 5.92 Å². The molecule has 8 nitrogen and oxygen atoms in total. The molecule has 252 valence electrons. The third kappa shape index (κ3) is 9.23. The van der Waals surface area contributed by atoms with Crippen LogP contribution in [0.2, 0.25) is 0 Å². The molecule has 2 fully saturated rings. The van der Waals surface area contributed by atoms with Gasteiger partial charge in [0.2, 0.25) is 0 Å². The number of urea groups is 1. The van der Waals surface area contributed by atoms with Crippen LogP contribution >= 0.6 is 0 Å². The van der Waals surface area contributed by atoms with E-state index in [0.29, 0.717) is 18.0 Å². The number of carbonyl (C=O) groups is 1. The number of hydrogen-bond acceptors (Lipinski definition) is 6. The Hall–Kier alpha value is -4.21. The van der Waals surface area contributed by atoms with Gasteiger partial charge in [-0.05, 0) is 79.0 Å². The highest BCUT2D eigenvalue weighted by Gasteiger charge is 2.39. The first-order valence-corrected chi connectivity index (χ1v) is 17.2. The number of hydrogen-bond donors (Lipinski definition) is 3. The number of anilines is 1. The van der Waals surface area contributed by atoms with Gasteiger partial charge in [0, 0.05) is 30.3 Å². The van der Waals surface area contributed by atoms with Crippen molar-refractivity contribution in [2.45, 2.75) is 70.7 Å². The summed E-state index contributed by atoms with van der Waals surface area (Å²) in [5, 5.41) is 15.4. The molecule has 4 atom stereocenters. The zero-order valence-electron chi connectivity index (χ0n) is 27.7. The van der Waals surface area contributed by atoms with Crippen LogP contribution in [-0.4, -0.2) is 41.8 Å². The van der Waals surface area contributed by atoms with Crippen LogP contribution < -0.4 is 15.4 Å². The molecule has 0 aliphatic carbocycles. The molecular weight excluding hydrogens is 602 g/mol. The number of nitrogens with zero attached hydrogens (tertiary/aromatic N) is 1. The molecular formula is C40H47N3O5. The predicted molar refractivity (Wildman–Crippen MR) is 188 cm³/mol. The van der Waals surface area contributed by atoms with E-state index in [0.717, 1.165) is 47.6 Å². The van der Waals surface area contributed by atoms with Gasteiger partial charge in [-0.15, -0.1) is 0 Å². The summed E-state index contributed by atoms with van der Waals surface area (Å²) in [6.45, 7) is 5.72. The van der Waals surface area contributed by atoms with Crippen LogP contribution in [-0.2, 0) is 22.6 Å². The van der Waals surface area contributed by atoms with E-state index in [1.165, 1.54) is 32.1 Å². The van der Waals surface area contributed by atoms with Crippen molar-refractivity contribution in [2.75, 3.05) is 25.0 Å². The van der Waals surface area contributed by atoms with Crippen molar-refractivity contribution in [1.29, 1.82) is 0 Å². The summed E-state index contributed by atoms with van der Waals surface area (Å²) in [6, 6.07) is 32.7. The number of aliphatic hydroxyl groups excluding tert-OH is 1. The number of rotatable bonds is 10. The Bertz CT molecular complexity index is 1560. The molecule has 2 heterocycles. The van der Waals surface area contributed by atoms with E-state index < -0.39 is 6.29 Å². The van der Waals surface area contributed by atoms with E-state index in [2.05, 4.69) is 34.6 Å². The molecule has 4 aromatic carbocycles. The number of amides is 2. The van der Waals surface area contributed by atoms with E-state index in [-0.39, 0.29) is 30.8 Å². The highest BCUT2D eigenvalue weighted by molar-refractivity contribution is 5.89. The highest BCUT2D eigenvalue weighted by Crippen LogP contribution is 2.42. The number of likely N-dealkylation sites (tertiary alicyclic amines) is 1. The Labute approximate surface area is 284 Å². The van der Waals surface area contributed by atoms with Gasteiger partial charge in [-0.3, -0.25) is 0 Å². The average molecular weight is 650 g/mol. The van der Waals surface area contributed by atoms with Gasteiger partial charge in [0.15, 0.2) is 6.29 Å². The van der Waals surface area contributed by atoms with Gasteiger partial charge < -0.3 is 34.9 Å². The molecule has 0 bridgehead atoms. The van der Waals surface area contributed by atoms with E-state index >= 15 is 0 Å². The van der Waals surface area contributed by atoms with Gasteiger partial charge in [0.05, 0.1) is 18.8 Å². The molecule has 0 saturated carbocycles. The van der Waals surface area contributed by atoms with E-state index in [1.807, 2.05) is 91.0 Å². The van der Waals surface area contributed by atoms with Gasteiger partial charge >= 0.3 is 6.03 Å². The maximum Gasteiger partial charge on any atom is 0.319 e. The molecule has 2 saturated heterocycles. The fourth-order valence-electron chi connectivity index (χ4n) is 6.46. The van der Waals surface area contributed by atoms with Crippen LogP contribution in [0.25, 0.3) is 0 Å². The first kappa shape index (κ1) is 33.7. The lowest BCUT2D eigenvalue weighted by Gasteiger charge is -2.43. The minimum atomic E-state index is -0.511. The highest BCUT2D eigenvalue weighted by atomic mass is 16.7. The Morgan fingerprint density at radius 2 is 1.40 bits per heavy atom. The Morgan fingerprint density at radius 3 is 2.08 bits per heavy atom. The number of carbonyl (C=O) groups excluding carboxylic acids is 1. The summed E-state index contributed by atoms with van der Waals surface area (Å²) < 4.78 is 19.2. The molecule has 6 rings (SSSR count). The Morgan fingerprint density at radius 1 is 0.771 bits per heavy atom. The van der Waals surface area contributed by atoms with Crippen molar-refractivity contribution in [3.8, 4) is 11.5 Å². The second-order valence-electron chi connectivity index (χ2n) is 12.9. The first-order chi connectivity index (χ1) is 23.5. The van der Waals surface area contributed by atoms with Crippen molar-refractivity contribution < 1.29 is 24.1 Å². The minimum absolute atomic E-state index is 0.00898. The molecule has 48 heavy (non-hydrogen) atoms. The van der Waals surface area contributed by atoms with Crippen LogP contribution in [0, 0.1) is 5.92 Å². The second-order valence-corrected chi connectivity index (χ2v) is 12.9. The number of aliphatic hydroxyl groups is 1. The second kappa shape index (κ2) is 16.8. The van der Waals surface area contributed by atoms with Crippen molar-refractivity contribution >= 4 is 11.7 Å². The molecule has 4 aromatic rings. The lowest BCUT2D eigenvalue weighted by atomic mass is 9.89. The van der Waals surface area contributed by atoms with E-state index in [9.17, 15) is 9.90 Å². The van der Waals surface area contributed by atoms with Crippen LogP contribution in [0.1, 0.15) is 73.7 Å². The summed E-state index contributed by atoms with van der Waals surface area (Å²) >= 11 is 0. The Balaban J connectivity index is 1.07. The van der Waals surface area contributed by atoms with Gasteiger partial charge in [-0.1, -0.05) is 92.9 Å². The van der Waals surface area contributed by atoms with Crippen molar-refractivity contribution in [1.82, 2.24) is 10.2 Å². The van der Waals surface area contributed by atoms with E-state index in [1.54, 1.807) is 0 Å². The largest absolute Gasteiger partial charge is 0.457 e. The maximum atomic E-state index is 12.6. The number of ether oxygens (including phenoxy) is 3. The summed E-state index contributed by atoms with van der Waals surface area (Å²) in [4.78, 5) is 15.2. The number of nitrogens with one attached hydrogen (secondary N) is 2. The SMILES string of the molecule is C[C@@H]1[C@H](CN2CCCCCCC2)O[C@H](c2ccc(CNC(=O)Nc3ccc(Oc4ccccc4)cc3)cc2)O[C@@H]1c1ccc(CO)cc1. The maximum absolute atomic E-state index is 12.6. The molecule has 0 spiro atoms. The van der Waals surface area contributed by atoms with Gasteiger partial charge in [-0.25, -0.2) is 4.79 Å². The van der Waals surface area contributed by atoms with Crippen molar-refractivity contribution in [3.05, 3.63) is 125 Å². The molecule has 2 amide bonds. The van der Waals surface area contributed by atoms with Crippen LogP contribution in [0.4, 0.5) is 10.5 Å². The zero-order chi connectivity index (χ0) is 33.1. The van der Waals surface area contributed by atoms with Crippen LogP contribution in [0.15, 0.2) is 103 Å². The van der Waals surface area contributed by atoms with Crippen LogP contribution in [0.5, 0.6) is 11.5 Å². The lowest BCUT2D eigenvalue weighted by Crippen LogP contribution is -2.45. The molecule has 2 aliphatic rings. The average Bonchev–Trinajstić information content (AvgIpc) is 3.11. The normalized spacial score (nSPS) is 21.9. The van der Waals surface area contributed by atoms with Gasteiger partial charge in [0.25, 0.3) is 0 Å². The van der Waals surface area contributed by atoms with E-state index in [4.69, 9.17) is 14.2 Å². The van der Waals surface area contributed by atoms with Gasteiger partial charge in [0.1, 0.15) is 11.5 Å². The molecule has 0 unspecified atom stereocenters. The van der Waals surface area contributed by atoms with Gasteiger partial charge in [-0.2, -0.15) is 0 Å². The summed E-state index contributed by atoms with van der Waals surface area (Å²) in [5.74, 6) is 1.61. The minimum Gasteiger partial charge on any atom is -0.457 e. The third-order valence-electron chi connectivity index (χ3n) is 9.31. The molecule has 0 aromatic heterocycles. The summed E-state index contributed by atoms with van der Waals surface area (Å²) in [7, 11) is 0. The fourth-order valence-corrected chi connectivity index (χ4v) is 6.46. The third-order valence-corrected chi connectivity index (χ3v) is 9.31. The predicted octanol–water partition coefficient (Wildman–Crippen LogP) is 8.35. The zero-order valence-corrected chi connectivity index (χ0v) is 27.7. The number of benzene rings is 4. The fraction of sp³-hybridized carbons (Fsp3) is 0.375. The molecule has 8 heteroatoms. The summed E-state index contributed by atoms with van der Waals surface area (Å²) in [5.41, 5.74) is 4.57. The standard InChI is InChI=1S/C40H47N3O5/c1-29-37(27-43-24-8-3-2-4-9-25-43)47-39(48-38(29)32-16-14-31(28-44)15-17-32)33-18-12-30(13-19-33)26-41-40(45)42-34-20-22-36(23-21-34)46-35-10-6-5-7-11-35/h5-7,10-23,29,37-39,44H,2-4,8-9,24-28H2,1H3,(H2,41,42,45)/t29-,37+,38+,39+/m1/s1.